The van der Waals surface area contributed by atoms with Crippen molar-refractivity contribution in [2.45, 2.75) is 26.2 Å². The fourth-order valence-electron chi connectivity index (χ4n) is 1.25. The van der Waals surface area contributed by atoms with Crippen molar-refractivity contribution in [3.05, 3.63) is 17.7 Å². The molecule has 0 radical (unpaired) electrons. The maximum absolute atomic E-state index is 5.45. The van der Waals surface area contributed by atoms with E-state index >= 15 is 0 Å². The van der Waals surface area contributed by atoms with Crippen molar-refractivity contribution in [1.82, 2.24) is 9.97 Å². The SMILES string of the molecule is Cc1[nH]cnc1C(C)CCN. The van der Waals surface area contributed by atoms with Crippen molar-refractivity contribution in [3.8, 4) is 0 Å². The maximum atomic E-state index is 5.45. The molecule has 62 valence electrons. The van der Waals surface area contributed by atoms with Gasteiger partial charge in [-0.05, 0) is 19.9 Å². The summed E-state index contributed by atoms with van der Waals surface area (Å²) < 4.78 is 0. The first kappa shape index (κ1) is 8.27. The smallest absolute Gasteiger partial charge is 0.0925 e. The molecule has 0 aliphatic carbocycles. The lowest BCUT2D eigenvalue weighted by Gasteiger charge is -2.06. The second-order valence-corrected chi connectivity index (χ2v) is 2.89. The highest BCUT2D eigenvalue weighted by atomic mass is 14.9. The minimum atomic E-state index is 0.478. The molecule has 0 spiro atoms. The summed E-state index contributed by atoms with van der Waals surface area (Å²) >= 11 is 0. The van der Waals surface area contributed by atoms with Gasteiger partial charge in [-0.15, -0.1) is 0 Å². The summed E-state index contributed by atoms with van der Waals surface area (Å²) in [6.07, 6.45) is 2.74. The molecule has 1 unspecified atom stereocenters. The van der Waals surface area contributed by atoms with E-state index in [0.717, 1.165) is 24.4 Å². The van der Waals surface area contributed by atoms with Gasteiger partial charge in [-0.2, -0.15) is 0 Å². The molecule has 3 nitrogen and oxygen atoms in total. The van der Waals surface area contributed by atoms with Crippen molar-refractivity contribution in [3.63, 3.8) is 0 Å². The minimum absolute atomic E-state index is 0.478. The first-order valence-corrected chi connectivity index (χ1v) is 3.95. The number of aromatic amines is 1. The van der Waals surface area contributed by atoms with Crippen molar-refractivity contribution in [1.29, 1.82) is 0 Å². The van der Waals surface area contributed by atoms with Crippen molar-refractivity contribution >= 4 is 0 Å². The number of nitrogens with one attached hydrogen (secondary N) is 1. The van der Waals surface area contributed by atoms with Crippen LogP contribution < -0.4 is 5.73 Å². The predicted molar refractivity (Wildman–Crippen MR) is 45.4 cm³/mol. The number of nitrogens with zero attached hydrogens (tertiary/aromatic N) is 1. The van der Waals surface area contributed by atoms with Crippen LogP contribution in [0.1, 0.15) is 30.7 Å². The van der Waals surface area contributed by atoms with Crippen molar-refractivity contribution < 1.29 is 0 Å². The van der Waals surface area contributed by atoms with Gasteiger partial charge in [0.1, 0.15) is 0 Å². The number of hydrogen-bond donors (Lipinski definition) is 2. The third-order valence-electron chi connectivity index (χ3n) is 1.94. The Morgan fingerprint density at radius 1 is 1.73 bits per heavy atom. The van der Waals surface area contributed by atoms with E-state index in [1.807, 2.05) is 6.92 Å². The number of hydrogen-bond acceptors (Lipinski definition) is 2. The molecular formula is C8H15N3. The van der Waals surface area contributed by atoms with Crippen LogP contribution >= 0.6 is 0 Å². The molecule has 0 saturated heterocycles. The first-order valence-electron chi connectivity index (χ1n) is 3.95. The topological polar surface area (TPSA) is 54.7 Å². The second-order valence-electron chi connectivity index (χ2n) is 2.89. The van der Waals surface area contributed by atoms with Gasteiger partial charge < -0.3 is 10.7 Å². The highest BCUT2D eigenvalue weighted by molar-refractivity contribution is 5.13. The van der Waals surface area contributed by atoms with Crippen LogP contribution in [0.15, 0.2) is 6.33 Å². The Bertz CT molecular complexity index is 217. The highest BCUT2D eigenvalue weighted by Gasteiger charge is 2.08. The molecule has 0 amide bonds. The van der Waals surface area contributed by atoms with Crippen LogP contribution in [0.2, 0.25) is 0 Å². The molecule has 1 rings (SSSR count). The largest absolute Gasteiger partial charge is 0.348 e. The van der Waals surface area contributed by atoms with Crippen LogP contribution in [-0.2, 0) is 0 Å². The number of aryl methyl sites for hydroxylation is 1. The zero-order chi connectivity index (χ0) is 8.27. The summed E-state index contributed by atoms with van der Waals surface area (Å²) in [4.78, 5) is 7.28. The van der Waals surface area contributed by atoms with E-state index in [0.29, 0.717) is 5.92 Å². The molecule has 1 aromatic rings. The van der Waals surface area contributed by atoms with E-state index < -0.39 is 0 Å². The molecular weight excluding hydrogens is 138 g/mol. The zero-order valence-electron chi connectivity index (χ0n) is 7.09. The molecule has 1 atom stereocenters. The third kappa shape index (κ3) is 1.80. The number of rotatable bonds is 3. The Balaban J connectivity index is 2.67. The Morgan fingerprint density at radius 3 is 2.91 bits per heavy atom. The normalized spacial score (nSPS) is 13.4. The molecule has 0 aromatic carbocycles. The van der Waals surface area contributed by atoms with Crippen LogP contribution in [0.3, 0.4) is 0 Å². The van der Waals surface area contributed by atoms with E-state index in [2.05, 4.69) is 16.9 Å². The van der Waals surface area contributed by atoms with Gasteiger partial charge in [-0.25, -0.2) is 4.98 Å². The molecule has 0 aliphatic rings. The van der Waals surface area contributed by atoms with E-state index in [1.165, 1.54) is 0 Å². The van der Waals surface area contributed by atoms with Gasteiger partial charge in [0.05, 0.1) is 12.0 Å². The molecule has 1 heterocycles. The van der Waals surface area contributed by atoms with Crippen LogP contribution in [0.25, 0.3) is 0 Å². The fraction of sp³-hybridized carbons (Fsp3) is 0.625. The Hall–Kier alpha value is -0.830. The summed E-state index contributed by atoms with van der Waals surface area (Å²) in [5.74, 6) is 0.478. The van der Waals surface area contributed by atoms with Gasteiger partial charge in [-0.1, -0.05) is 6.92 Å². The molecule has 3 N–H and O–H groups in total. The van der Waals surface area contributed by atoms with Gasteiger partial charge in [0, 0.05) is 11.6 Å². The lowest BCUT2D eigenvalue weighted by molar-refractivity contribution is 0.670. The highest BCUT2D eigenvalue weighted by Crippen LogP contribution is 2.17. The lowest BCUT2D eigenvalue weighted by atomic mass is 10.0. The summed E-state index contributed by atoms with van der Waals surface area (Å²) in [6, 6.07) is 0. The zero-order valence-corrected chi connectivity index (χ0v) is 7.09. The molecule has 0 fully saturated rings. The summed E-state index contributed by atoms with van der Waals surface area (Å²) in [7, 11) is 0. The molecule has 0 bridgehead atoms. The first-order chi connectivity index (χ1) is 5.25. The summed E-state index contributed by atoms with van der Waals surface area (Å²) in [5, 5.41) is 0. The molecule has 1 aromatic heterocycles. The Morgan fingerprint density at radius 2 is 2.45 bits per heavy atom. The number of H-pyrrole nitrogens is 1. The van der Waals surface area contributed by atoms with Crippen LogP contribution in [0, 0.1) is 6.92 Å². The molecule has 3 heteroatoms. The Kier molecular flexibility index (Phi) is 2.65. The van der Waals surface area contributed by atoms with Gasteiger partial charge in [-0.3, -0.25) is 0 Å². The number of imidazole rings is 1. The number of nitrogens with two attached hydrogens (primary N) is 1. The van der Waals surface area contributed by atoms with Crippen LogP contribution in [-0.4, -0.2) is 16.5 Å². The van der Waals surface area contributed by atoms with E-state index in [1.54, 1.807) is 6.33 Å². The number of aromatic nitrogens is 2. The maximum Gasteiger partial charge on any atom is 0.0925 e. The quantitative estimate of drug-likeness (QED) is 0.685. The molecule has 0 saturated carbocycles. The van der Waals surface area contributed by atoms with E-state index in [4.69, 9.17) is 5.73 Å². The monoisotopic (exact) mass is 153 g/mol. The van der Waals surface area contributed by atoms with E-state index in [-0.39, 0.29) is 0 Å². The summed E-state index contributed by atoms with van der Waals surface area (Å²) in [6.45, 7) is 4.92. The van der Waals surface area contributed by atoms with Crippen LogP contribution in [0.4, 0.5) is 0 Å². The fourth-order valence-corrected chi connectivity index (χ4v) is 1.25. The van der Waals surface area contributed by atoms with Gasteiger partial charge in [0.25, 0.3) is 0 Å². The second kappa shape index (κ2) is 3.53. The molecule has 0 aliphatic heterocycles. The average Bonchev–Trinajstić information content (AvgIpc) is 2.36. The summed E-state index contributed by atoms with van der Waals surface area (Å²) in [5.41, 5.74) is 7.75. The molecule has 11 heavy (non-hydrogen) atoms. The van der Waals surface area contributed by atoms with Crippen molar-refractivity contribution in [2.24, 2.45) is 5.73 Å². The third-order valence-corrected chi connectivity index (χ3v) is 1.94. The van der Waals surface area contributed by atoms with Crippen molar-refractivity contribution in [2.75, 3.05) is 6.54 Å². The van der Waals surface area contributed by atoms with Gasteiger partial charge in [0.15, 0.2) is 0 Å². The minimum Gasteiger partial charge on any atom is -0.348 e. The standard InChI is InChI=1S/C8H15N3/c1-6(3-4-9)8-7(2)10-5-11-8/h5-6H,3-4,9H2,1-2H3,(H,10,11). The average molecular weight is 153 g/mol. The van der Waals surface area contributed by atoms with E-state index in [9.17, 15) is 0 Å². The predicted octanol–water partition coefficient (Wildman–Crippen LogP) is 1.17. The lowest BCUT2D eigenvalue weighted by Crippen LogP contribution is -2.05. The Labute approximate surface area is 67.0 Å². The van der Waals surface area contributed by atoms with Gasteiger partial charge >= 0.3 is 0 Å². The van der Waals surface area contributed by atoms with Gasteiger partial charge in [0.2, 0.25) is 0 Å². The van der Waals surface area contributed by atoms with Crippen LogP contribution in [0.5, 0.6) is 0 Å².